The molecule has 0 aromatic carbocycles. The largest absolute Gasteiger partial charge is 0.480 e. The molecule has 1 aliphatic carbocycles. The molecule has 0 spiro atoms. The first kappa shape index (κ1) is 13.5. The van der Waals surface area contributed by atoms with Crippen LogP contribution >= 0.6 is 0 Å². The smallest absolute Gasteiger partial charge is 0.327 e. The zero-order valence-electron chi connectivity index (χ0n) is 9.69. The van der Waals surface area contributed by atoms with Crippen LogP contribution < -0.4 is 11.1 Å². The van der Waals surface area contributed by atoms with Crippen molar-refractivity contribution in [1.29, 1.82) is 0 Å². The van der Waals surface area contributed by atoms with Crippen LogP contribution in [0.4, 0.5) is 0 Å². The van der Waals surface area contributed by atoms with Crippen molar-refractivity contribution in [3.8, 4) is 12.3 Å². The molecule has 1 saturated carbocycles. The Balaban J connectivity index is 2.58. The normalized spacial score (nSPS) is 24.9. The SMILES string of the molecule is C#CCC(NC(=O)C1CCCC1CN)C(=O)O. The third-order valence-corrected chi connectivity index (χ3v) is 3.24. The van der Waals surface area contributed by atoms with E-state index in [1.165, 1.54) is 0 Å². The van der Waals surface area contributed by atoms with Crippen molar-refractivity contribution in [2.75, 3.05) is 6.54 Å². The van der Waals surface area contributed by atoms with Gasteiger partial charge in [-0.15, -0.1) is 12.3 Å². The lowest BCUT2D eigenvalue weighted by Crippen LogP contribution is -2.44. The highest BCUT2D eigenvalue weighted by Gasteiger charge is 2.33. The van der Waals surface area contributed by atoms with E-state index in [-0.39, 0.29) is 24.2 Å². The third kappa shape index (κ3) is 3.46. The van der Waals surface area contributed by atoms with Gasteiger partial charge in [-0.25, -0.2) is 4.79 Å². The van der Waals surface area contributed by atoms with Crippen LogP contribution in [0.5, 0.6) is 0 Å². The van der Waals surface area contributed by atoms with Crippen molar-refractivity contribution < 1.29 is 14.7 Å². The second kappa shape index (κ2) is 6.26. The van der Waals surface area contributed by atoms with Crippen LogP contribution in [-0.4, -0.2) is 29.6 Å². The van der Waals surface area contributed by atoms with Gasteiger partial charge in [0.25, 0.3) is 0 Å². The minimum atomic E-state index is -1.10. The summed E-state index contributed by atoms with van der Waals surface area (Å²) in [5.41, 5.74) is 5.58. The molecule has 0 aromatic rings. The molecule has 4 N–H and O–H groups in total. The predicted molar refractivity (Wildman–Crippen MR) is 62.9 cm³/mol. The minimum Gasteiger partial charge on any atom is -0.480 e. The molecule has 17 heavy (non-hydrogen) atoms. The Morgan fingerprint density at radius 2 is 2.24 bits per heavy atom. The van der Waals surface area contributed by atoms with Gasteiger partial charge in [-0.1, -0.05) is 6.42 Å². The second-order valence-electron chi connectivity index (χ2n) is 4.34. The summed E-state index contributed by atoms with van der Waals surface area (Å²) in [5.74, 6) is 0.911. The lowest BCUT2D eigenvalue weighted by molar-refractivity contribution is -0.142. The fraction of sp³-hybridized carbons (Fsp3) is 0.667. The summed E-state index contributed by atoms with van der Waals surface area (Å²) in [6.07, 6.45) is 7.74. The van der Waals surface area contributed by atoms with E-state index in [0.717, 1.165) is 19.3 Å². The highest BCUT2D eigenvalue weighted by Crippen LogP contribution is 2.31. The maximum Gasteiger partial charge on any atom is 0.327 e. The van der Waals surface area contributed by atoms with E-state index in [1.54, 1.807) is 0 Å². The number of carbonyl (C=O) groups excluding carboxylic acids is 1. The Labute approximate surface area is 101 Å². The van der Waals surface area contributed by atoms with Crippen LogP contribution in [0.15, 0.2) is 0 Å². The Hall–Kier alpha value is -1.54. The fourth-order valence-electron chi connectivity index (χ4n) is 2.26. The van der Waals surface area contributed by atoms with Gasteiger partial charge in [0.05, 0.1) is 0 Å². The number of aliphatic carboxylic acids is 1. The van der Waals surface area contributed by atoms with Crippen molar-refractivity contribution in [3.63, 3.8) is 0 Å². The van der Waals surface area contributed by atoms with Crippen LogP contribution in [0.3, 0.4) is 0 Å². The number of hydrogen-bond donors (Lipinski definition) is 3. The number of rotatable bonds is 5. The monoisotopic (exact) mass is 238 g/mol. The van der Waals surface area contributed by atoms with Crippen LogP contribution in [0, 0.1) is 24.2 Å². The molecule has 3 atom stereocenters. The first-order valence-corrected chi connectivity index (χ1v) is 5.76. The van der Waals surface area contributed by atoms with Gasteiger partial charge < -0.3 is 16.2 Å². The van der Waals surface area contributed by atoms with Gasteiger partial charge in [0.1, 0.15) is 6.04 Å². The van der Waals surface area contributed by atoms with Crippen LogP contribution in [0.25, 0.3) is 0 Å². The van der Waals surface area contributed by atoms with Gasteiger partial charge in [-0.3, -0.25) is 4.79 Å². The van der Waals surface area contributed by atoms with E-state index >= 15 is 0 Å². The summed E-state index contributed by atoms with van der Waals surface area (Å²) in [6, 6.07) is -0.994. The first-order valence-electron chi connectivity index (χ1n) is 5.76. The van der Waals surface area contributed by atoms with Gasteiger partial charge in [0.2, 0.25) is 5.91 Å². The third-order valence-electron chi connectivity index (χ3n) is 3.24. The molecule has 1 fully saturated rings. The van der Waals surface area contributed by atoms with E-state index in [0.29, 0.717) is 6.54 Å². The van der Waals surface area contributed by atoms with Gasteiger partial charge in [0, 0.05) is 12.3 Å². The molecule has 1 rings (SSSR count). The molecule has 0 radical (unpaired) electrons. The molecular weight excluding hydrogens is 220 g/mol. The van der Waals surface area contributed by atoms with Crippen LogP contribution in [0.2, 0.25) is 0 Å². The highest BCUT2D eigenvalue weighted by atomic mass is 16.4. The van der Waals surface area contributed by atoms with E-state index in [9.17, 15) is 9.59 Å². The zero-order chi connectivity index (χ0) is 12.8. The van der Waals surface area contributed by atoms with Crippen molar-refractivity contribution in [2.45, 2.75) is 31.7 Å². The van der Waals surface area contributed by atoms with Gasteiger partial charge in [-0.2, -0.15) is 0 Å². The Morgan fingerprint density at radius 3 is 2.76 bits per heavy atom. The van der Waals surface area contributed by atoms with E-state index in [1.807, 2.05) is 0 Å². The fourth-order valence-corrected chi connectivity index (χ4v) is 2.26. The molecule has 0 aliphatic heterocycles. The molecule has 5 nitrogen and oxygen atoms in total. The Morgan fingerprint density at radius 1 is 1.53 bits per heavy atom. The number of terminal acetylenes is 1. The summed E-state index contributed by atoms with van der Waals surface area (Å²) in [5, 5.41) is 11.4. The highest BCUT2D eigenvalue weighted by molar-refractivity contribution is 5.85. The standard InChI is InChI=1S/C12H18N2O3/c1-2-4-10(12(16)17)14-11(15)9-6-3-5-8(9)7-13/h1,8-10H,3-7,13H2,(H,14,15)(H,16,17). The number of carboxylic acids is 1. The number of nitrogens with two attached hydrogens (primary N) is 1. The summed E-state index contributed by atoms with van der Waals surface area (Å²) in [7, 11) is 0. The number of amides is 1. The molecule has 1 aliphatic rings. The number of nitrogens with one attached hydrogen (secondary N) is 1. The van der Waals surface area contributed by atoms with E-state index < -0.39 is 12.0 Å². The maximum absolute atomic E-state index is 11.9. The van der Waals surface area contributed by atoms with Crippen LogP contribution in [-0.2, 0) is 9.59 Å². The lowest BCUT2D eigenvalue weighted by Gasteiger charge is -2.19. The molecule has 0 heterocycles. The van der Waals surface area contributed by atoms with Crippen molar-refractivity contribution in [2.24, 2.45) is 17.6 Å². The minimum absolute atomic E-state index is 0.00108. The number of carbonyl (C=O) groups is 2. The number of carboxylic acid groups (broad SMARTS) is 1. The number of hydrogen-bond acceptors (Lipinski definition) is 3. The van der Waals surface area contributed by atoms with Crippen molar-refractivity contribution >= 4 is 11.9 Å². The molecule has 3 unspecified atom stereocenters. The average Bonchev–Trinajstić information content (AvgIpc) is 2.76. The van der Waals surface area contributed by atoms with Crippen LogP contribution in [0.1, 0.15) is 25.7 Å². The zero-order valence-corrected chi connectivity index (χ0v) is 9.69. The molecular formula is C12H18N2O3. The molecule has 0 saturated heterocycles. The summed E-state index contributed by atoms with van der Waals surface area (Å²) < 4.78 is 0. The topological polar surface area (TPSA) is 92.4 Å². The first-order chi connectivity index (χ1) is 8.10. The van der Waals surface area contributed by atoms with Gasteiger partial charge in [-0.05, 0) is 25.3 Å². The molecule has 0 aromatic heterocycles. The average molecular weight is 238 g/mol. The lowest BCUT2D eigenvalue weighted by atomic mass is 9.95. The quantitative estimate of drug-likeness (QED) is 0.586. The Kier molecular flexibility index (Phi) is 4.98. The molecule has 5 heteroatoms. The molecule has 0 bridgehead atoms. The predicted octanol–water partition coefficient (Wildman–Crippen LogP) is -0.0459. The van der Waals surface area contributed by atoms with E-state index in [2.05, 4.69) is 11.2 Å². The van der Waals surface area contributed by atoms with Crippen molar-refractivity contribution in [3.05, 3.63) is 0 Å². The summed E-state index contributed by atoms with van der Waals surface area (Å²) in [6.45, 7) is 0.463. The van der Waals surface area contributed by atoms with Crippen molar-refractivity contribution in [1.82, 2.24) is 5.32 Å². The molecule has 1 amide bonds. The maximum atomic E-state index is 11.9. The van der Waals surface area contributed by atoms with Gasteiger partial charge in [0.15, 0.2) is 0 Å². The Bertz CT molecular complexity index is 335. The summed E-state index contributed by atoms with van der Waals surface area (Å²) in [4.78, 5) is 22.8. The summed E-state index contributed by atoms with van der Waals surface area (Å²) >= 11 is 0. The van der Waals surface area contributed by atoms with Gasteiger partial charge >= 0.3 is 5.97 Å². The second-order valence-corrected chi connectivity index (χ2v) is 4.34. The van der Waals surface area contributed by atoms with E-state index in [4.69, 9.17) is 17.3 Å². The molecule has 94 valence electrons.